The molecule has 0 spiro atoms. The Balaban J connectivity index is 2.17. The molecule has 264 valence electrons. The average Bonchev–Trinajstić information content (AvgIpc) is 3.50. The molecule has 1 aromatic rings. The molecule has 0 radical (unpaired) electrons. The molecule has 0 aliphatic carbocycles. The van der Waals surface area contributed by atoms with Gasteiger partial charge in [-0.05, 0) is 37.2 Å². The summed E-state index contributed by atoms with van der Waals surface area (Å²) in [4.78, 5) is 94.4. The summed E-state index contributed by atoms with van der Waals surface area (Å²) in [5, 5.41) is 19.6. The SMILES string of the molecule is CC(=O)N[C@@H](CCCN=C(N)N)C(=O)N1CCC[C@H]1C(=O)N[C@@H](CC(=O)O)C(=O)N[C@H](C(=O)N[C@@H](Cc1ccccc1)C(N)=O)C(C)C. The fourth-order valence-electron chi connectivity index (χ4n) is 5.28. The van der Waals surface area contributed by atoms with E-state index in [-0.39, 0.29) is 38.3 Å². The number of aliphatic carboxylic acids is 1. The van der Waals surface area contributed by atoms with Crippen LogP contribution in [0.5, 0.6) is 0 Å². The highest BCUT2D eigenvalue weighted by Crippen LogP contribution is 2.20. The first kappa shape index (κ1) is 39.0. The number of likely N-dealkylation sites (tertiary alicyclic amines) is 1. The van der Waals surface area contributed by atoms with Gasteiger partial charge in [0.1, 0.15) is 30.2 Å². The molecule has 1 saturated heterocycles. The monoisotopic (exact) mass is 673 g/mol. The number of carboxylic acid groups (broad SMARTS) is 1. The number of guanidine groups is 1. The maximum atomic E-state index is 13.5. The number of nitrogens with one attached hydrogen (secondary N) is 4. The van der Waals surface area contributed by atoms with E-state index in [0.29, 0.717) is 12.8 Å². The van der Waals surface area contributed by atoms with E-state index in [2.05, 4.69) is 26.3 Å². The molecule has 48 heavy (non-hydrogen) atoms. The normalized spacial score (nSPS) is 16.5. The molecule has 0 saturated carbocycles. The number of carboxylic acids is 1. The zero-order chi connectivity index (χ0) is 36.0. The summed E-state index contributed by atoms with van der Waals surface area (Å²) in [7, 11) is 0. The Morgan fingerprint density at radius 1 is 0.917 bits per heavy atom. The molecule has 1 aliphatic rings. The van der Waals surface area contributed by atoms with Crippen LogP contribution in [-0.4, -0.2) is 101 Å². The number of benzene rings is 1. The van der Waals surface area contributed by atoms with Gasteiger partial charge in [0.05, 0.1) is 6.42 Å². The minimum Gasteiger partial charge on any atom is -0.481 e. The van der Waals surface area contributed by atoms with Crippen LogP contribution in [0, 0.1) is 5.92 Å². The number of nitrogens with zero attached hydrogens (tertiary/aromatic N) is 2. The molecule has 17 heteroatoms. The number of carbonyl (C=O) groups is 7. The molecule has 17 nitrogen and oxygen atoms in total. The van der Waals surface area contributed by atoms with Gasteiger partial charge in [0.25, 0.3) is 0 Å². The van der Waals surface area contributed by atoms with Crippen molar-refractivity contribution < 1.29 is 38.7 Å². The van der Waals surface area contributed by atoms with Crippen molar-refractivity contribution in [3.8, 4) is 0 Å². The molecule has 0 aromatic heterocycles. The van der Waals surface area contributed by atoms with Gasteiger partial charge in [-0.2, -0.15) is 0 Å². The Labute approximate surface area is 278 Å². The minimum absolute atomic E-state index is 0.105. The molecule has 5 atom stereocenters. The van der Waals surface area contributed by atoms with Crippen LogP contribution in [0.2, 0.25) is 0 Å². The second-order valence-corrected chi connectivity index (χ2v) is 11.9. The number of carbonyl (C=O) groups excluding carboxylic acids is 6. The Morgan fingerprint density at radius 2 is 1.58 bits per heavy atom. The van der Waals surface area contributed by atoms with Crippen LogP contribution in [0.1, 0.15) is 58.4 Å². The van der Waals surface area contributed by atoms with Gasteiger partial charge < -0.3 is 48.5 Å². The summed E-state index contributed by atoms with van der Waals surface area (Å²) in [5.41, 5.74) is 16.9. The van der Waals surface area contributed by atoms with Gasteiger partial charge in [-0.1, -0.05) is 44.2 Å². The van der Waals surface area contributed by atoms with Crippen LogP contribution in [0.15, 0.2) is 35.3 Å². The molecule has 0 unspecified atom stereocenters. The summed E-state index contributed by atoms with van der Waals surface area (Å²) in [6.07, 6.45) is 0.505. The Kier molecular flexibility index (Phi) is 15.3. The predicted octanol–water partition coefficient (Wildman–Crippen LogP) is -2.15. The summed E-state index contributed by atoms with van der Waals surface area (Å²) < 4.78 is 0. The van der Waals surface area contributed by atoms with E-state index < -0.39 is 84.0 Å². The van der Waals surface area contributed by atoms with Gasteiger partial charge in [-0.15, -0.1) is 0 Å². The van der Waals surface area contributed by atoms with E-state index in [1.54, 1.807) is 44.2 Å². The number of hydrogen-bond donors (Lipinski definition) is 8. The quantitative estimate of drug-likeness (QED) is 0.0475. The second kappa shape index (κ2) is 18.8. The Hall–Kier alpha value is -5.22. The lowest BCUT2D eigenvalue weighted by atomic mass is 10.0. The van der Waals surface area contributed by atoms with Gasteiger partial charge in [0.15, 0.2) is 5.96 Å². The van der Waals surface area contributed by atoms with Gasteiger partial charge >= 0.3 is 5.97 Å². The third-order valence-corrected chi connectivity index (χ3v) is 7.66. The lowest BCUT2D eigenvalue weighted by Crippen LogP contribution is -2.60. The van der Waals surface area contributed by atoms with Crippen LogP contribution in [0.4, 0.5) is 0 Å². The molecule has 1 aromatic carbocycles. The molecular weight excluding hydrogens is 626 g/mol. The Bertz CT molecular complexity index is 1350. The molecular formula is C31H47N9O8. The van der Waals surface area contributed by atoms with E-state index in [1.165, 1.54) is 11.8 Å². The number of hydrogen-bond acceptors (Lipinski definition) is 8. The van der Waals surface area contributed by atoms with Crippen molar-refractivity contribution >= 4 is 47.4 Å². The molecule has 1 fully saturated rings. The highest BCUT2D eigenvalue weighted by molar-refractivity contribution is 5.97. The highest BCUT2D eigenvalue weighted by Gasteiger charge is 2.39. The first-order valence-electron chi connectivity index (χ1n) is 15.7. The third kappa shape index (κ3) is 12.5. The number of primary amides is 1. The van der Waals surface area contributed by atoms with E-state index >= 15 is 0 Å². The zero-order valence-electron chi connectivity index (χ0n) is 27.4. The smallest absolute Gasteiger partial charge is 0.305 e. The number of rotatable bonds is 18. The van der Waals surface area contributed by atoms with E-state index in [1.807, 2.05) is 0 Å². The van der Waals surface area contributed by atoms with Gasteiger partial charge in [0.2, 0.25) is 35.4 Å². The van der Waals surface area contributed by atoms with Gasteiger partial charge in [-0.25, -0.2) is 0 Å². The van der Waals surface area contributed by atoms with Crippen LogP contribution in [0.25, 0.3) is 0 Å². The first-order valence-corrected chi connectivity index (χ1v) is 15.7. The zero-order valence-corrected chi connectivity index (χ0v) is 27.4. The van der Waals surface area contributed by atoms with Gasteiger partial charge in [-0.3, -0.25) is 38.6 Å². The van der Waals surface area contributed by atoms with Crippen molar-refractivity contribution in [3.05, 3.63) is 35.9 Å². The van der Waals surface area contributed by atoms with Crippen molar-refractivity contribution in [1.82, 2.24) is 26.2 Å². The molecule has 11 N–H and O–H groups in total. The van der Waals surface area contributed by atoms with E-state index in [0.717, 1.165) is 5.56 Å². The van der Waals surface area contributed by atoms with Crippen molar-refractivity contribution in [2.24, 2.45) is 28.1 Å². The van der Waals surface area contributed by atoms with Crippen molar-refractivity contribution in [1.29, 1.82) is 0 Å². The minimum atomic E-state index is -1.61. The van der Waals surface area contributed by atoms with Crippen molar-refractivity contribution in [3.63, 3.8) is 0 Å². The Morgan fingerprint density at radius 3 is 2.15 bits per heavy atom. The van der Waals surface area contributed by atoms with Crippen LogP contribution < -0.4 is 38.5 Å². The topological polar surface area (TPSA) is 281 Å². The maximum absolute atomic E-state index is 13.5. The summed E-state index contributed by atoms with van der Waals surface area (Å²) >= 11 is 0. The van der Waals surface area contributed by atoms with Crippen LogP contribution in [-0.2, 0) is 40.0 Å². The number of aliphatic imine (C=N–C) groups is 1. The number of amides is 6. The predicted molar refractivity (Wildman–Crippen MR) is 174 cm³/mol. The largest absolute Gasteiger partial charge is 0.481 e. The fourth-order valence-corrected chi connectivity index (χ4v) is 5.28. The summed E-state index contributed by atoms with van der Waals surface area (Å²) in [6.45, 7) is 4.93. The lowest BCUT2D eigenvalue weighted by Gasteiger charge is -2.30. The first-order chi connectivity index (χ1) is 22.6. The van der Waals surface area contributed by atoms with Crippen LogP contribution >= 0.6 is 0 Å². The molecule has 6 amide bonds. The molecule has 0 bridgehead atoms. The van der Waals surface area contributed by atoms with E-state index in [9.17, 15) is 38.7 Å². The molecule has 1 aliphatic heterocycles. The summed E-state index contributed by atoms with van der Waals surface area (Å²) in [5.74, 6) is -6.26. The van der Waals surface area contributed by atoms with Crippen molar-refractivity contribution in [2.75, 3.05) is 13.1 Å². The second-order valence-electron chi connectivity index (χ2n) is 11.9. The highest BCUT2D eigenvalue weighted by atomic mass is 16.4. The lowest BCUT2D eigenvalue weighted by molar-refractivity contribution is -0.144. The van der Waals surface area contributed by atoms with Crippen LogP contribution in [0.3, 0.4) is 0 Å². The third-order valence-electron chi connectivity index (χ3n) is 7.66. The number of nitrogens with two attached hydrogens (primary N) is 3. The van der Waals surface area contributed by atoms with Gasteiger partial charge in [0, 0.05) is 26.4 Å². The molecule has 2 rings (SSSR count). The van der Waals surface area contributed by atoms with Crippen molar-refractivity contribution in [2.45, 2.75) is 89.5 Å². The molecule has 1 heterocycles. The van der Waals surface area contributed by atoms with E-state index in [4.69, 9.17) is 17.2 Å². The maximum Gasteiger partial charge on any atom is 0.305 e. The summed E-state index contributed by atoms with van der Waals surface area (Å²) in [6, 6.07) is 2.91. The standard InChI is InChI=1S/C31H47N9O8/c1-17(2)25(29(47)37-21(26(32)44)15-19-9-5-4-6-10-19)39-27(45)22(16-24(42)43)38-28(46)23-12-8-14-40(23)30(48)20(36-18(3)41)11-7-13-35-31(33)34/h4-6,9-10,17,20-23,25H,7-8,11-16H2,1-3H3,(H2,32,44)(H,36,41)(H,37,47)(H,38,46)(H,39,45)(H,42,43)(H4,33,34,35)/t20-,21-,22-,23-,25-/m0/s1. The average molecular weight is 674 g/mol. The fraction of sp³-hybridized carbons (Fsp3) is 0.548.